The van der Waals surface area contributed by atoms with Crippen LogP contribution in [0.5, 0.6) is 11.5 Å². The van der Waals surface area contributed by atoms with E-state index >= 15 is 0 Å². The van der Waals surface area contributed by atoms with Crippen LogP contribution in [0.4, 0.5) is 0 Å². The molecule has 6 heteroatoms. The molecule has 1 heterocycles. The Kier molecular flexibility index (Phi) is 9.15. The standard InChI is InChI=1S/C27H39N3O3/c1-5-32-25-17-22(11-12-24(25)33-20-26(31)29-27(2,3)4)18-28-23-13-15-30(16-14-23)19-21-9-7-6-8-10-21/h6-12,17,23,28H,5,13-16,18-20H2,1-4H3,(H,29,31). The normalized spacial score (nSPS) is 15.3. The van der Waals surface area contributed by atoms with Gasteiger partial charge < -0.3 is 20.1 Å². The van der Waals surface area contributed by atoms with Gasteiger partial charge in [0.15, 0.2) is 18.1 Å². The summed E-state index contributed by atoms with van der Waals surface area (Å²) in [5.41, 5.74) is 2.25. The van der Waals surface area contributed by atoms with Crippen LogP contribution >= 0.6 is 0 Å². The van der Waals surface area contributed by atoms with Gasteiger partial charge >= 0.3 is 0 Å². The van der Waals surface area contributed by atoms with Crippen LogP contribution in [0.1, 0.15) is 51.7 Å². The fraction of sp³-hybridized carbons (Fsp3) is 0.519. The fourth-order valence-electron chi connectivity index (χ4n) is 4.05. The molecule has 0 aliphatic carbocycles. The van der Waals surface area contributed by atoms with E-state index in [1.54, 1.807) is 0 Å². The molecule has 3 rings (SSSR count). The summed E-state index contributed by atoms with van der Waals surface area (Å²) in [5.74, 6) is 1.13. The van der Waals surface area contributed by atoms with Gasteiger partial charge in [-0.15, -0.1) is 0 Å². The average Bonchev–Trinajstić information content (AvgIpc) is 2.78. The van der Waals surface area contributed by atoms with E-state index in [1.165, 1.54) is 5.56 Å². The molecule has 2 N–H and O–H groups in total. The van der Waals surface area contributed by atoms with Crippen LogP contribution in [0.25, 0.3) is 0 Å². The second-order valence-electron chi connectivity index (χ2n) is 9.72. The van der Waals surface area contributed by atoms with E-state index in [9.17, 15) is 4.79 Å². The molecule has 2 aromatic carbocycles. The first-order chi connectivity index (χ1) is 15.8. The number of likely N-dealkylation sites (tertiary alicyclic amines) is 1. The van der Waals surface area contributed by atoms with Crippen molar-refractivity contribution in [1.29, 1.82) is 0 Å². The van der Waals surface area contributed by atoms with Crippen molar-refractivity contribution >= 4 is 5.91 Å². The van der Waals surface area contributed by atoms with Gasteiger partial charge in [-0.1, -0.05) is 36.4 Å². The zero-order valence-electron chi connectivity index (χ0n) is 20.5. The van der Waals surface area contributed by atoms with Crippen molar-refractivity contribution in [2.45, 2.75) is 65.2 Å². The highest BCUT2D eigenvalue weighted by molar-refractivity contribution is 5.78. The Bertz CT molecular complexity index is 872. The monoisotopic (exact) mass is 453 g/mol. The van der Waals surface area contributed by atoms with E-state index in [1.807, 2.05) is 45.9 Å². The van der Waals surface area contributed by atoms with Gasteiger partial charge in [-0.05, 0) is 76.9 Å². The summed E-state index contributed by atoms with van der Waals surface area (Å²) in [5, 5.41) is 6.61. The van der Waals surface area contributed by atoms with Crippen LogP contribution in [0, 0.1) is 0 Å². The topological polar surface area (TPSA) is 62.8 Å². The molecule has 0 atom stereocenters. The smallest absolute Gasteiger partial charge is 0.258 e. The first-order valence-electron chi connectivity index (χ1n) is 12.0. The summed E-state index contributed by atoms with van der Waals surface area (Å²) >= 11 is 0. The number of amides is 1. The lowest BCUT2D eigenvalue weighted by molar-refractivity contribution is -0.124. The minimum Gasteiger partial charge on any atom is -0.490 e. The number of hydrogen-bond donors (Lipinski definition) is 2. The van der Waals surface area contributed by atoms with E-state index < -0.39 is 0 Å². The fourth-order valence-corrected chi connectivity index (χ4v) is 4.05. The lowest BCUT2D eigenvalue weighted by atomic mass is 10.0. The molecule has 6 nitrogen and oxygen atoms in total. The van der Waals surface area contributed by atoms with Gasteiger partial charge in [-0.3, -0.25) is 9.69 Å². The number of rotatable bonds is 10. The van der Waals surface area contributed by atoms with Gasteiger partial charge in [-0.2, -0.15) is 0 Å². The second-order valence-corrected chi connectivity index (χ2v) is 9.72. The SMILES string of the molecule is CCOc1cc(CNC2CCN(Cc3ccccc3)CC2)ccc1OCC(=O)NC(C)(C)C. The number of carbonyl (C=O) groups excluding carboxylic acids is 1. The number of piperidine rings is 1. The van der Waals surface area contributed by atoms with Crippen LogP contribution < -0.4 is 20.1 Å². The van der Waals surface area contributed by atoms with Gasteiger partial charge in [0.05, 0.1) is 6.61 Å². The lowest BCUT2D eigenvalue weighted by Crippen LogP contribution is -2.43. The predicted octanol–water partition coefficient (Wildman–Crippen LogP) is 4.13. The van der Waals surface area contributed by atoms with Gasteiger partial charge in [-0.25, -0.2) is 0 Å². The quantitative estimate of drug-likeness (QED) is 0.566. The molecule has 1 aliphatic rings. The Balaban J connectivity index is 1.47. The van der Waals surface area contributed by atoms with Crippen molar-refractivity contribution in [3.8, 4) is 11.5 Å². The van der Waals surface area contributed by atoms with Crippen molar-refractivity contribution in [1.82, 2.24) is 15.5 Å². The number of benzene rings is 2. The number of nitrogens with one attached hydrogen (secondary N) is 2. The number of carbonyl (C=O) groups is 1. The molecular weight excluding hydrogens is 414 g/mol. The summed E-state index contributed by atoms with van der Waals surface area (Å²) < 4.78 is 11.5. The molecule has 0 aromatic heterocycles. The number of hydrogen-bond acceptors (Lipinski definition) is 5. The Morgan fingerprint density at radius 1 is 1.00 bits per heavy atom. The zero-order chi connectivity index (χ0) is 23.7. The van der Waals surface area contributed by atoms with Crippen molar-refractivity contribution < 1.29 is 14.3 Å². The number of ether oxygens (including phenoxy) is 2. The molecule has 180 valence electrons. The molecule has 1 amide bonds. The first-order valence-corrected chi connectivity index (χ1v) is 12.0. The van der Waals surface area contributed by atoms with Crippen molar-refractivity contribution in [3.05, 3.63) is 59.7 Å². The molecule has 0 bridgehead atoms. The highest BCUT2D eigenvalue weighted by Gasteiger charge is 2.19. The van der Waals surface area contributed by atoms with E-state index in [0.717, 1.165) is 44.6 Å². The predicted molar refractivity (Wildman–Crippen MR) is 133 cm³/mol. The highest BCUT2D eigenvalue weighted by atomic mass is 16.5. The molecule has 0 radical (unpaired) electrons. The average molecular weight is 454 g/mol. The molecule has 0 saturated carbocycles. The summed E-state index contributed by atoms with van der Waals surface area (Å²) in [4.78, 5) is 14.6. The first kappa shape index (κ1) is 25.1. The Hall–Kier alpha value is -2.57. The maximum atomic E-state index is 12.1. The van der Waals surface area contributed by atoms with Crippen molar-refractivity contribution in [2.75, 3.05) is 26.3 Å². The number of nitrogens with zero attached hydrogens (tertiary/aromatic N) is 1. The second kappa shape index (κ2) is 12.1. The van der Waals surface area contributed by atoms with Crippen LogP contribution in [0.15, 0.2) is 48.5 Å². The molecule has 0 unspecified atom stereocenters. The Morgan fingerprint density at radius 2 is 1.73 bits per heavy atom. The van der Waals surface area contributed by atoms with Gasteiger partial charge in [0.2, 0.25) is 0 Å². The third-order valence-electron chi connectivity index (χ3n) is 5.61. The molecule has 1 fully saturated rings. The van der Waals surface area contributed by atoms with Crippen LogP contribution in [0.3, 0.4) is 0 Å². The third kappa shape index (κ3) is 8.71. The zero-order valence-corrected chi connectivity index (χ0v) is 20.5. The van der Waals surface area contributed by atoms with Gasteiger partial charge in [0.25, 0.3) is 5.91 Å². The molecule has 1 saturated heterocycles. The largest absolute Gasteiger partial charge is 0.490 e. The lowest BCUT2D eigenvalue weighted by Gasteiger charge is -2.32. The van der Waals surface area contributed by atoms with Gasteiger partial charge in [0, 0.05) is 24.7 Å². The van der Waals surface area contributed by atoms with E-state index in [0.29, 0.717) is 24.1 Å². The maximum Gasteiger partial charge on any atom is 0.258 e. The van der Waals surface area contributed by atoms with Crippen LogP contribution in [-0.4, -0.2) is 48.7 Å². The molecule has 2 aromatic rings. The molecule has 0 spiro atoms. The van der Waals surface area contributed by atoms with Crippen molar-refractivity contribution in [3.63, 3.8) is 0 Å². The van der Waals surface area contributed by atoms with Crippen molar-refractivity contribution in [2.24, 2.45) is 0 Å². The summed E-state index contributed by atoms with van der Waals surface area (Å²) in [6.45, 7) is 12.3. The molecular formula is C27H39N3O3. The Morgan fingerprint density at radius 3 is 2.39 bits per heavy atom. The summed E-state index contributed by atoms with van der Waals surface area (Å²) in [6.07, 6.45) is 2.30. The highest BCUT2D eigenvalue weighted by Crippen LogP contribution is 2.29. The molecule has 1 aliphatic heterocycles. The minimum atomic E-state index is -0.281. The maximum absolute atomic E-state index is 12.1. The summed E-state index contributed by atoms with van der Waals surface area (Å²) in [7, 11) is 0. The summed E-state index contributed by atoms with van der Waals surface area (Å²) in [6, 6.07) is 17.1. The van der Waals surface area contributed by atoms with Crippen LogP contribution in [-0.2, 0) is 17.9 Å². The molecule has 33 heavy (non-hydrogen) atoms. The third-order valence-corrected chi connectivity index (χ3v) is 5.61. The van der Waals surface area contributed by atoms with E-state index in [4.69, 9.17) is 9.47 Å². The minimum absolute atomic E-state index is 0.0313. The van der Waals surface area contributed by atoms with Crippen LogP contribution in [0.2, 0.25) is 0 Å². The van der Waals surface area contributed by atoms with Gasteiger partial charge in [0.1, 0.15) is 0 Å². The van der Waals surface area contributed by atoms with E-state index in [-0.39, 0.29) is 18.1 Å². The van der Waals surface area contributed by atoms with E-state index in [2.05, 4.69) is 45.9 Å². The Labute approximate surface area is 198 Å².